The Morgan fingerprint density at radius 1 is 1.12 bits per heavy atom. The Hall–Kier alpha value is -2.06. The predicted octanol–water partition coefficient (Wildman–Crippen LogP) is 3.52. The van der Waals surface area contributed by atoms with Crippen LogP contribution in [0.15, 0.2) is 52.5 Å². The summed E-state index contributed by atoms with van der Waals surface area (Å²) in [5.41, 5.74) is 1.05. The van der Waals surface area contributed by atoms with Crippen LogP contribution in [0.4, 0.5) is 5.69 Å². The van der Waals surface area contributed by atoms with Crippen LogP contribution in [0.2, 0.25) is 0 Å². The lowest BCUT2D eigenvalue weighted by Gasteiger charge is -2.07. The highest BCUT2D eigenvalue weighted by atomic mass is 32.2. The maximum Gasteiger partial charge on any atom is 0.252 e. The molecule has 0 unspecified atom stereocenters. The molecule has 2 N–H and O–H groups in total. The first-order valence-electron chi connectivity index (χ1n) is 8.37. The third kappa shape index (κ3) is 7.05. The van der Waals surface area contributed by atoms with Gasteiger partial charge >= 0.3 is 0 Å². The summed E-state index contributed by atoms with van der Waals surface area (Å²) in [5, 5.41) is 3.65. The molecule has 1 aromatic carbocycles. The van der Waals surface area contributed by atoms with Crippen LogP contribution < -0.4 is 10.0 Å². The fraction of sp³-hybridized carbons (Fsp3) is 0.333. The number of benzene rings is 1. The van der Waals surface area contributed by atoms with Gasteiger partial charge in [-0.1, -0.05) is 31.5 Å². The molecular weight excluding hydrogens is 370 g/mol. The standard InChI is InChI=1S/C18H23N3O3S2/c1-3-4-5-12-19-18(22)14-6-11-17(20-13-14)25-16-9-7-15(8-10-16)21-26(2,23)24/h6-11,13,21H,3-5,12H2,1-2H3,(H,19,22). The number of hydrogen-bond acceptors (Lipinski definition) is 5. The lowest BCUT2D eigenvalue weighted by atomic mass is 10.2. The van der Waals surface area contributed by atoms with Gasteiger partial charge in [-0.2, -0.15) is 0 Å². The van der Waals surface area contributed by atoms with Crippen molar-refractivity contribution in [3.63, 3.8) is 0 Å². The number of anilines is 1. The molecule has 0 aliphatic rings. The monoisotopic (exact) mass is 393 g/mol. The largest absolute Gasteiger partial charge is 0.352 e. The molecule has 0 saturated carbocycles. The topological polar surface area (TPSA) is 88.2 Å². The molecule has 0 saturated heterocycles. The molecule has 2 aromatic rings. The van der Waals surface area contributed by atoms with Gasteiger partial charge in [0.15, 0.2) is 0 Å². The number of rotatable bonds is 9. The van der Waals surface area contributed by atoms with Crippen LogP contribution in [0, 0.1) is 0 Å². The molecule has 6 nitrogen and oxygen atoms in total. The lowest BCUT2D eigenvalue weighted by molar-refractivity contribution is 0.0952. The SMILES string of the molecule is CCCCCNC(=O)c1ccc(Sc2ccc(NS(C)(=O)=O)cc2)nc1. The molecule has 1 amide bonds. The first-order valence-corrected chi connectivity index (χ1v) is 11.1. The van der Waals surface area contributed by atoms with E-state index in [2.05, 4.69) is 21.9 Å². The summed E-state index contributed by atoms with van der Waals surface area (Å²) in [4.78, 5) is 17.3. The third-order valence-electron chi connectivity index (χ3n) is 3.44. The lowest BCUT2D eigenvalue weighted by Crippen LogP contribution is -2.24. The second-order valence-corrected chi connectivity index (χ2v) is 8.69. The summed E-state index contributed by atoms with van der Waals surface area (Å²) in [6, 6.07) is 10.6. The Labute approximate surface area is 158 Å². The maximum atomic E-state index is 12.0. The van der Waals surface area contributed by atoms with Crippen LogP contribution >= 0.6 is 11.8 Å². The quantitative estimate of drug-likeness (QED) is 0.636. The zero-order chi connectivity index (χ0) is 19.0. The van der Waals surface area contributed by atoms with Crippen LogP contribution in [0.5, 0.6) is 0 Å². The Morgan fingerprint density at radius 2 is 1.85 bits per heavy atom. The molecule has 26 heavy (non-hydrogen) atoms. The molecule has 1 heterocycles. The van der Waals surface area contributed by atoms with Gasteiger partial charge in [0.25, 0.3) is 5.91 Å². The Morgan fingerprint density at radius 3 is 2.42 bits per heavy atom. The molecule has 8 heteroatoms. The minimum Gasteiger partial charge on any atom is -0.352 e. The van der Waals surface area contributed by atoms with E-state index in [1.54, 1.807) is 30.5 Å². The molecular formula is C18H23N3O3S2. The molecule has 0 aliphatic heterocycles. The zero-order valence-electron chi connectivity index (χ0n) is 14.9. The summed E-state index contributed by atoms with van der Waals surface area (Å²) in [6.07, 6.45) is 5.88. The van der Waals surface area contributed by atoms with Crippen molar-refractivity contribution in [3.8, 4) is 0 Å². The highest BCUT2D eigenvalue weighted by molar-refractivity contribution is 7.99. The maximum absolute atomic E-state index is 12.0. The summed E-state index contributed by atoms with van der Waals surface area (Å²) in [7, 11) is -3.28. The number of amides is 1. The number of carbonyl (C=O) groups is 1. The van der Waals surface area contributed by atoms with Crippen LogP contribution in [-0.2, 0) is 10.0 Å². The molecule has 0 fully saturated rings. The van der Waals surface area contributed by atoms with Crippen molar-refractivity contribution in [2.45, 2.75) is 36.1 Å². The molecule has 1 aromatic heterocycles. The number of nitrogens with zero attached hydrogens (tertiary/aromatic N) is 1. The molecule has 0 bridgehead atoms. The number of unbranched alkanes of at least 4 members (excludes halogenated alkanes) is 2. The van der Waals surface area contributed by atoms with Gasteiger partial charge in [0.1, 0.15) is 5.03 Å². The van der Waals surface area contributed by atoms with Crippen LogP contribution in [0.1, 0.15) is 36.5 Å². The van der Waals surface area contributed by atoms with Crippen molar-refractivity contribution in [1.82, 2.24) is 10.3 Å². The fourth-order valence-electron chi connectivity index (χ4n) is 2.18. The van der Waals surface area contributed by atoms with E-state index in [9.17, 15) is 13.2 Å². The van der Waals surface area contributed by atoms with Crippen molar-refractivity contribution < 1.29 is 13.2 Å². The molecule has 2 rings (SSSR count). The molecule has 140 valence electrons. The van der Waals surface area contributed by atoms with Gasteiger partial charge in [0.05, 0.1) is 11.8 Å². The van der Waals surface area contributed by atoms with Gasteiger partial charge in [0.2, 0.25) is 10.0 Å². The Bertz CT molecular complexity index is 820. The van der Waals surface area contributed by atoms with Crippen LogP contribution in [0.25, 0.3) is 0 Å². The van der Waals surface area contributed by atoms with E-state index in [1.807, 2.05) is 12.1 Å². The molecule has 0 aliphatic carbocycles. The number of pyridine rings is 1. The Balaban J connectivity index is 1.91. The average molecular weight is 394 g/mol. The van der Waals surface area contributed by atoms with Gasteiger partial charge in [-0.15, -0.1) is 0 Å². The van der Waals surface area contributed by atoms with E-state index in [1.165, 1.54) is 11.8 Å². The van der Waals surface area contributed by atoms with Crippen molar-refractivity contribution in [3.05, 3.63) is 48.2 Å². The summed E-state index contributed by atoms with van der Waals surface area (Å²) >= 11 is 1.44. The smallest absolute Gasteiger partial charge is 0.252 e. The van der Waals surface area contributed by atoms with E-state index in [0.29, 0.717) is 17.8 Å². The van der Waals surface area contributed by atoms with E-state index >= 15 is 0 Å². The van der Waals surface area contributed by atoms with Crippen LogP contribution in [-0.4, -0.2) is 32.1 Å². The van der Waals surface area contributed by atoms with E-state index in [0.717, 1.165) is 35.4 Å². The van der Waals surface area contributed by atoms with Gasteiger partial charge in [-0.3, -0.25) is 9.52 Å². The fourth-order valence-corrected chi connectivity index (χ4v) is 3.50. The number of nitrogens with one attached hydrogen (secondary N) is 2. The average Bonchev–Trinajstić information content (AvgIpc) is 2.60. The minimum absolute atomic E-state index is 0.110. The van der Waals surface area contributed by atoms with Gasteiger partial charge in [-0.05, 0) is 42.8 Å². The second kappa shape index (κ2) is 9.59. The van der Waals surface area contributed by atoms with Crippen molar-refractivity contribution >= 4 is 33.4 Å². The molecule has 0 atom stereocenters. The first kappa shape index (κ1) is 20.3. The first-order chi connectivity index (χ1) is 12.4. The number of aromatic nitrogens is 1. The summed E-state index contributed by atoms with van der Waals surface area (Å²) in [6.45, 7) is 2.80. The zero-order valence-corrected chi connectivity index (χ0v) is 16.5. The van der Waals surface area contributed by atoms with E-state index < -0.39 is 10.0 Å². The predicted molar refractivity (Wildman–Crippen MR) is 105 cm³/mol. The number of sulfonamides is 1. The van der Waals surface area contributed by atoms with Gasteiger partial charge in [-0.25, -0.2) is 13.4 Å². The second-order valence-electron chi connectivity index (χ2n) is 5.85. The van der Waals surface area contributed by atoms with Crippen molar-refractivity contribution in [1.29, 1.82) is 0 Å². The van der Waals surface area contributed by atoms with Crippen molar-refractivity contribution in [2.75, 3.05) is 17.5 Å². The van der Waals surface area contributed by atoms with Crippen LogP contribution in [0.3, 0.4) is 0 Å². The van der Waals surface area contributed by atoms with Gasteiger partial charge < -0.3 is 5.32 Å². The normalized spacial score (nSPS) is 11.2. The molecule has 0 spiro atoms. The van der Waals surface area contributed by atoms with E-state index in [-0.39, 0.29) is 5.91 Å². The Kier molecular flexibility index (Phi) is 7.47. The third-order valence-corrected chi connectivity index (χ3v) is 5.01. The number of hydrogen-bond donors (Lipinski definition) is 2. The summed E-state index contributed by atoms with van der Waals surface area (Å²) in [5.74, 6) is -0.110. The van der Waals surface area contributed by atoms with Gasteiger partial charge in [0, 0.05) is 23.3 Å². The minimum atomic E-state index is -3.28. The highest BCUT2D eigenvalue weighted by Crippen LogP contribution is 2.27. The summed E-state index contributed by atoms with van der Waals surface area (Å²) < 4.78 is 24.8. The van der Waals surface area contributed by atoms with Crippen molar-refractivity contribution in [2.24, 2.45) is 0 Å². The van der Waals surface area contributed by atoms with E-state index in [4.69, 9.17) is 0 Å². The molecule has 0 radical (unpaired) electrons. The highest BCUT2D eigenvalue weighted by Gasteiger charge is 2.07. The number of carbonyl (C=O) groups excluding carboxylic acids is 1.